The number of carbonyl (C=O) groups excluding carboxylic acids is 2. The summed E-state index contributed by atoms with van der Waals surface area (Å²) in [4.78, 5) is 24.2. The maximum Gasteiger partial charge on any atom is 0.387 e. The highest BCUT2D eigenvalue weighted by Gasteiger charge is 2.15. The van der Waals surface area contributed by atoms with Gasteiger partial charge >= 0.3 is 6.61 Å². The Morgan fingerprint density at radius 2 is 1.38 bits per heavy atom. The molecule has 0 radical (unpaired) electrons. The van der Waals surface area contributed by atoms with Crippen LogP contribution in [-0.4, -0.2) is 24.0 Å². The largest absolute Gasteiger partial charge is 0.435 e. The normalized spacial score (nSPS) is 11.2. The lowest BCUT2D eigenvalue weighted by Crippen LogP contribution is -2.40. The van der Waals surface area contributed by atoms with Crippen LogP contribution in [0.2, 0.25) is 0 Å². The van der Waals surface area contributed by atoms with E-state index in [0.717, 1.165) is 0 Å². The number of hydrogen-bond donors (Lipinski definition) is 2. The predicted molar refractivity (Wildman–Crippen MR) is 94.7 cm³/mol. The second kappa shape index (κ2) is 7.95. The SMILES string of the molecule is CC(C)(C)NC(=O)c1ccc(NC(=O)c2ccc(OC(F)F)cc2)cc1. The number of nitrogens with one attached hydrogen (secondary N) is 2. The smallest absolute Gasteiger partial charge is 0.387 e. The Morgan fingerprint density at radius 3 is 1.88 bits per heavy atom. The van der Waals surface area contributed by atoms with Gasteiger partial charge in [-0.15, -0.1) is 0 Å². The monoisotopic (exact) mass is 362 g/mol. The van der Waals surface area contributed by atoms with E-state index in [1.807, 2.05) is 20.8 Å². The van der Waals surface area contributed by atoms with Crippen LogP contribution in [0, 0.1) is 0 Å². The van der Waals surface area contributed by atoms with E-state index in [1.54, 1.807) is 24.3 Å². The number of amides is 2. The van der Waals surface area contributed by atoms with Crippen molar-refractivity contribution in [3.05, 3.63) is 59.7 Å². The molecule has 7 heteroatoms. The highest BCUT2D eigenvalue weighted by Crippen LogP contribution is 2.17. The third-order valence-corrected chi connectivity index (χ3v) is 3.24. The maximum absolute atomic E-state index is 12.2. The van der Waals surface area contributed by atoms with Crippen LogP contribution in [0.3, 0.4) is 0 Å². The zero-order chi connectivity index (χ0) is 19.3. The van der Waals surface area contributed by atoms with Gasteiger partial charge < -0.3 is 15.4 Å². The highest BCUT2D eigenvalue weighted by molar-refractivity contribution is 6.04. The Balaban J connectivity index is 2.00. The fourth-order valence-corrected chi connectivity index (χ4v) is 2.11. The summed E-state index contributed by atoms with van der Waals surface area (Å²) < 4.78 is 28.5. The summed E-state index contributed by atoms with van der Waals surface area (Å²) in [6.07, 6.45) is 0. The lowest BCUT2D eigenvalue weighted by Gasteiger charge is -2.20. The number of rotatable bonds is 5. The van der Waals surface area contributed by atoms with Crippen LogP contribution in [0.1, 0.15) is 41.5 Å². The van der Waals surface area contributed by atoms with Gasteiger partial charge in [-0.1, -0.05) is 0 Å². The highest BCUT2D eigenvalue weighted by atomic mass is 19.3. The van der Waals surface area contributed by atoms with Crippen LogP contribution in [0.5, 0.6) is 5.75 Å². The summed E-state index contributed by atoms with van der Waals surface area (Å²) in [5.41, 5.74) is 0.937. The summed E-state index contributed by atoms with van der Waals surface area (Å²) in [7, 11) is 0. The molecule has 0 aliphatic rings. The van der Waals surface area contributed by atoms with Crippen molar-refractivity contribution in [1.29, 1.82) is 0 Å². The molecule has 0 saturated heterocycles. The number of alkyl halides is 2. The van der Waals surface area contributed by atoms with Crippen LogP contribution in [0.15, 0.2) is 48.5 Å². The average molecular weight is 362 g/mol. The van der Waals surface area contributed by atoms with Gasteiger partial charge in [0.15, 0.2) is 0 Å². The number of hydrogen-bond acceptors (Lipinski definition) is 3. The van der Waals surface area contributed by atoms with Gasteiger partial charge in [-0.3, -0.25) is 9.59 Å². The van der Waals surface area contributed by atoms with Crippen LogP contribution in [0.25, 0.3) is 0 Å². The molecule has 2 rings (SSSR count). The minimum absolute atomic E-state index is 0.0224. The van der Waals surface area contributed by atoms with Crippen molar-refractivity contribution < 1.29 is 23.1 Å². The summed E-state index contributed by atoms with van der Waals surface area (Å²) in [5.74, 6) is -0.628. The molecule has 2 aromatic rings. The Bertz CT molecular complexity index is 767. The van der Waals surface area contributed by atoms with E-state index in [-0.39, 0.29) is 17.2 Å². The minimum atomic E-state index is -2.91. The fourth-order valence-electron chi connectivity index (χ4n) is 2.11. The number of carbonyl (C=O) groups is 2. The minimum Gasteiger partial charge on any atom is -0.435 e. The summed E-state index contributed by atoms with van der Waals surface area (Å²) >= 11 is 0. The van der Waals surface area contributed by atoms with E-state index in [4.69, 9.17) is 0 Å². The standard InChI is InChI=1S/C19H20F2N2O3/c1-19(2,3)23-17(25)13-4-8-14(9-5-13)22-16(24)12-6-10-15(11-7-12)26-18(20)21/h4-11,18H,1-3H3,(H,22,24)(H,23,25). The van der Waals surface area contributed by atoms with Crippen LogP contribution < -0.4 is 15.4 Å². The van der Waals surface area contributed by atoms with Crippen molar-refractivity contribution in [3.8, 4) is 5.75 Å². The fraction of sp³-hybridized carbons (Fsp3) is 0.263. The first-order valence-corrected chi connectivity index (χ1v) is 7.93. The lowest BCUT2D eigenvalue weighted by atomic mass is 10.1. The second-order valence-corrected chi connectivity index (χ2v) is 6.64. The Kier molecular flexibility index (Phi) is 5.92. The topological polar surface area (TPSA) is 67.4 Å². The molecule has 5 nitrogen and oxygen atoms in total. The molecule has 2 aromatic carbocycles. The zero-order valence-corrected chi connectivity index (χ0v) is 14.7. The predicted octanol–water partition coefficient (Wildman–Crippen LogP) is 4.07. The van der Waals surface area contributed by atoms with Crippen molar-refractivity contribution in [2.45, 2.75) is 32.9 Å². The van der Waals surface area contributed by atoms with E-state index in [9.17, 15) is 18.4 Å². The van der Waals surface area contributed by atoms with Gasteiger partial charge in [0.2, 0.25) is 0 Å². The Morgan fingerprint density at radius 1 is 0.885 bits per heavy atom. The molecule has 138 valence electrons. The number of anilines is 1. The van der Waals surface area contributed by atoms with Crippen molar-refractivity contribution in [1.82, 2.24) is 5.32 Å². The number of benzene rings is 2. The molecular formula is C19H20F2N2O3. The Labute approximate surface area is 150 Å². The molecule has 0 atom stereocenters. The van der Waals surface area contributed by atoms with Crippen LogP contribution in [-0.2, 0) is 0 Å². The van der Waals surface area contributed by atoms with Crippen LogP contribution >= 0.6 is 0 Å². The molecule has 0 fully saturated rings. The molecule has 0 aliphatic heterocycles. The average Bonchev–Trinajstić information content (AvgIpc) is 2.54. The quantitative estimate of drug-likeness (QED) is 0.843. The first kappa shape index (κ1) is 19.4. The van der Waals surface area contributed by atoms with Gasteiger partial charge in [0.1, 0.15) is 5.75 Å². The van der Waals surface area contributed by atoms with E-state index in [2.05, 4.69) is 15.4 Å². The lowest BCUT2D eigenvalue weighted by molar-refractivity contribution is -0.0498. The first-order valence-electron chi connectivity index (χ1n) is 7.93. The molecule has 0 aliphatic carbocycles. The van der Waals surface area contributed by atoms with E-state index in [1.165, 1.54) is 24.3 Å². The molecule has 26 heavy (non-hydrogen) atoms. The van der Waals surface area contributed by atoms with Gasteiger partial charge in [0.25, 0.3) is 11.8 Å². The van der Waals surface area contributed by atoms with Gasteiger partial charge in [0, 0.05) is 22.4 Å². The molecule has 0 heterocycles. The third kappa shape index (κ3) is 5.84. The van der Waals surface area contributed by atoms with E-state index < -0.39 is 12.5 Å². The molecule has 2 N–H and O–H groups in total. The molecule has 2 amide bonds. The number of halogens is 2. The van der Waals surface area contributed by atoms with Gasteiger partial charge in [-0.2, -0.15) is 8.78 Å². The maximum atomic E-state index is 12.2. The zero-order valence-electron chi connectivity index (χ0n) is 14.7. The van der Waals surface area contributed by atoms with Crippen molar-refractivity contribution in [2.24, 2.45) is 0 Å². The van der Waals surface area contributed by atoms with E-state index >= 15 is 0 Å². The summed E-state index contributed by atoms with van der Waals surface area (Å²) in [6, 6.07) is 11.8. The first-order chi connectivity index (χ1) is 12.1. The van der Waals surface area contributed by atoms with Crippen molar-refractivity contribution in [3.63, 3.8) is 0 Å². The molecule has 0 saturated carbocycles. The summed E-state index contributed by atoms with van der Waals surface area (Å²) in [6.45, 7) is 2.74. The van der Waals surface area contributed by atoms with E-state index in [0.29, 0.717) is 16.8 Å². The van der Waals surface area contributed by atoms with Gasteiger partial charge in [-0.05, 0) is 69.3 Å². The van der Waals surface area contributed by atoms with Crippen molar-refractivity contribution in [2.75, 3.05) is 5.32 Å². The third-order valence-electron chi connectivity index (χ3n) is 3.24. The molecular weight excluding hydrogens is 342 g/mol. The number of ether oxygens (including phenoxy) is 1. The van der Waals surface area contributed by atoms with Crippen molar-refractivity contribution >= 4 is 17.5 Å². The van der Waals surface area contributed by atoms with Gasteiger partial charge in [0.05, 0.1) is 0 Å². The molecule has 0 bridgehead atoms. The molecule has 0 aromatic heterocycles. The van der Waals surface area contributed by atoms with Gasteiger partial charge in [-0.25, -0.2) is 0 Å². The molecule has 0 unspecified atom stereocenters. The van der Waals surface area contributed by atoms with Crippen LogP contribution in [0.4, 0.5) is 14.5 Å². The Hall–Kier alpha value is -2.96. The summed E-state index contributed by atoms with van der Waals surface area (Å²) in [5, 5.41) is 5.52. The second-order valence-electron chi connectivity index (χ2n) is 6.64. The molecule has 0 spiro atoms.